The molecule has 0 radical (unpaired) electrons. The first-order valence-electron chi connectivity index (χ1n) is 8.94. The highest BCUT2D eigenvalue weighted by molar-refractivity contribution is 6.30. The maximum atomic E-state index is 11.7. The molecular formula is C19H22ClN3O4. The maximum Gasteiger partial charge on any atom is 0.343 e. The molecule has 144 valence electrons. The molecule has 0 atom stereocenters. The summed E-state index contributed by atoms with van der Waals surface area (Å²) in [4.78, 5) is 23.4. The lowest BCUT2D eigenvalue weighted by Gasteiger charge is -2.27. The Balaban J connectivity index is 1.67. The average Bonchev–Trinajstić information content (AvgIpc) is 3.11. The van der Waals surface area contributed by atoms with Crippen LogP contribution in [-0.4, -0.2) is 35.7 Å². The molecule has 0 aliphatic heterocycles. The fraction of sp³-hybridized carbons (Fsp3) is 0.421. The van der Waals surface area contributed by atoms with Crippen LogP contribution < -0.4 is 10.6 Å². The summed E-state index contributed by atoms with van der Waals surface area (Å²) in [6.07, 6.45) is 3.50. The third-order valence-corrected chi connectivity index (χ3v) is 5.29. The highest BCUT2D eigenvalue weighted by Crippen LogP contribution is 2.32. The van der Waals surface area contributed by atoms with Gasteiger partial charge in [0.05, 0.1) is 0 Å². The molecule has 1 saturated carbocycles. The Morgan fingerprint density at radius 1 is 1.22 bits per heavy atom. The Kier molecular flexibility index (Phi) is 6.01. The maximum absolute atomic E-state index is 11.7. The number of carboxylic acid groups (broad SMARTS) is 1. The summed E-state index contributed by atoms with van der Waals surface area (Å²) in [5.74, 6) is -0.149. The topological polar surface area (TPSA) is 104 Å². The second-order valence-electron chi connectivity index (χ2n) is 6.76. The third kappa shape index (κ3) is 4.42. The molecule has 1 fully saturated rings. The van der Waals surface area contributed by atoms with Crippen molar-refractivity contribution in [2.45, 2.75) is 25.7 Å². The van der Waals surface area contributed by atoms with Gasteiger partial charge in [0, 0.05) is 30.1 Å². The van der Waals surface area contributed by atoms with E-state index in [4.69, 9.17) is 16.1 Å². The Morgan fingerprint density at radius 2 is 1.89 bits per heavy atom. The first-order valence-corrected chi connectivity index (χ1v) is 9.31. The lowest BCUT2D eigenvalue weighted by atomic mass is 9.81. The molecule has 2 aromatic rings. The Labute approximate surface area is 162 Å². The molecule has 1 heterocycles. The number of nitrogens with one attached hydrogen (secondary N) is 2. The SMILES string of the molecule is CNC(=O)C1CCC(CNc2noc(-c3ccc(Cl)cc3)c2C(=O)O)CC1. The van der Waals surface area contributed by atoms with Gasteiger partial charge in [-0.3, -0.25) is 4.79 Å². The van der Waals surface area contributed by atoms with E-state index < -0.39 is 5.97 Å². The van der Waals surface area contributed by atoms with E-state index >= 15 is 0 Å². The molecule has 0 spiro atoms. The number of hydrogen-bond acceptors (Lipinski definition) is 5. The van der Waals surface area contributed by atoms with Gasteiger partial charge in [-0.1, -0.05) is 16.8 Å². The summed E-state index contributed by atoms with van der Waals surface area (Å²) in [6, 6.07) is 6.73. The number of amides is 1. The summed E-state index contributed by atoms with van der Waals surface area (Å²) in [5, 5.41) is 19.9. The van der Waals surface area contributed by atoms with Crippen LogP contribution >= 0.6 is 11.6 Å². The van der Waals surface area contributed by atoms with Gasteiger partial charge in [-0.05, 0) is 55.9 Å². The molecule has 0 unspecified atom stereocenters. The molecule has 1 aliphatic carbocycles. The van der Waals surface area contributed by atoms with Crippen molar-refractivity contribution in [1.29, 1.82) is 0 Å². The lowest BCUT2D eigenvalue weighted by Crippen LogP contribution is -2.32. The third-order valence-electron chi connectivity index (χ3n) is 5.03. The second-order valence-corrected chi connectivity index (χ2v) is 7.20. The first-order chi connectivity index (χ1) is 13.0. The number of carbonyl (C=O) groups excluding carboxylic acids is 1. The number of halogens is 1. The van der Waals surface area contributed by atoms with E-state index in [1.807, 2.05) is 0 Å². The van der Waals surface area contributed by atoms with Gasteiger partial charge in [0.15, 0.2) is 17.1 Å². The van der Waals surface area contributed by atoms with Crippen LogP contribution in [0.3, 0.4) is 0 Å². The normalized spacial score (nSPS) is 19.5. The summed E-state index contributed by atoms with van der Waals surface area (Å²) < 4.78 is 5.30. The van der Waals surface area contributed by atoms with Crippen LogP contribution in [0, 0.1) is 11.8 Å². The van der Waals surface area contributed by atoms with Crippen molar-refractivity contribution in [2.75, 3.05) is 18.9 Å². The van der Waals surface area contributed by atoms with Crippen LogP contribution in [0.4, 0.5) is 5.82 Å². The van der Waals surface area contributed by atoms with E-state index in [2.05, 4.69) is 15.8 Å². The summed E-state index contributed by atoms with van der Waals surface area (Å²) >= 11 is 5.88. The molecule has 3 rings (SSSR count). The molecule has 0 bridgehead atoms. The molecule has 1 aliphatic rings. The molecule has 1 aromatic carbocycles. The molecule has 27 heavy (non-hydrogen) atoms. The molecule has 0 saturated heterocycles. The van der Waals surface area contributed by atoms with E-state index in [-0.39, 0.29) is 29.0 Å². The van der Waals surface area contributed by atoms with E-state index in [0.717, 1.165) is 25.7 Å². The van der Waals surface area contributed by atoms with Gasteiger partial charge in [0.25, 0.3) is 0 Å². The number of benzene rings is 1. The van der Waals surface area contributed by atoms with Crippen LogP contribution in [0.15, 0.2) is 28.8 Å². The van der Waals surface area contributed by atoms with Gasteiger partial charge in [0.2, 0.25) is 5.91 Å². The first kappa shape index (κ1) is 19.2. The number of anilines is 1. The largest absolute Gasteiger partial charge is 0.477 e. The average molecular weight is 392 g/mol. The van der Waals surface area contributed by atoms with Crippen molar-refractivity contribution in [3.05, 3.63) is 34.9 Å². The fourth-order valence-electron chi connectivity index (χ4n) is 3.48. The van der Waals surface area contributed by atoms with Gasteiger partial charge in [-0.15, -0.1) is 0 Å². The van der Waals surface area contributed by atoms with Crippen molar-refractivity contribution in [2.24, 2.45) is 11.8 Å². The minimum atomic E-state index is -1.10. The summed E-state index contributed by atoms with van der Waals surface area (Å²) in [6.45, 7) is 0.591. The van der Waals surface area contributed by atoms with Gasteiger partial charge in [-0.2, -0.15) is 0 Å². The van der Waals surface area contributed by atoms with Crippen molar-refractivity contribution in [3.63, 3.8) is 0 Å². The second kappa shape index (κ2) is 8.43. The van der Waals surface area contributed by atoms with Crippen LogP contribution in [-0.2, 0) is 4.79 Å². The lowest BCUT2D eigenvalue weighted by molar-refractivity contribution is -0.125. The zero-order valence-corrected chi connectivity index (χ0v) is 15.8. The quantitative estimate of drug-likeness (QED) is 0.694. The highest BCUT2D eigenvalue weighted by atomic mass is 35.5. The van der Waals surface area contributed by atoms with Crippen LogP contribution in [0.1, 0.15) is 36.0 Å². The van der Waals surface area contributed by atoms with Gasteiger partial charge in [-0.25, -0.2) is 4.79 Å². The number of carbonyl (C=O) groups is 2. The fourth-order valence-corrected chi connectivity index (χ4v) is 3.61. The van der Waals surface area contributed by atoms with Crippen molar-refractivity contribution >= 4 is 29.3 Å². The summed E-state index contributed by atoms with van der Waals surface area (Å²) in [7, 11) is 1.66. The van der Waals surface area contributed by atoms with Crippen molar-refractivity contribution < 1.29 is 19.2 Å². The standard InChI is InChI=1S/C19H22ClN3O4/c1-21-18(24)13-4-2-11(3-5-13)10-22-17-15(19(25)26)16(27-23-17)12-6-8-14(20)9-7-12/h6-9,11,13H,2-5,10H2,1H3,(H,21,24)(H,22,23)(H,25,26). The number of aromatic nitrogens is 1. The predicted octanol–water partition coefficient (Wildman–Crippen LogP) is 3.66. The predicted molar refractivity (Wildman–Crippen MR) is 102 cm³/mol. The zero-order valence-electron chi connectivity index (χ0n) is 15.0. The van der Waals surface area contributed by atoms with Crippen LogP contribution in [0.25, 0.3) is 11.3 Å². The summed E-state index contributed by atoms with van der Waals surface area (Å²) in [5.41, 5.74) is 0.611. The van der Waals surface area contributed by atoms with Gasteiger partial charge < -0.3 is 20.3 Å². The molecule has 1 aromatic heterocycles. The zero-order chi connectivity index (χ0) is 19.4. The molecule has 7 nitrogen and oxygen atoms in total. The molecule has 3 N–H and O–H groups in total. The number of rotatable bonds is 6. The van der Waals surface area contributed by atoms with Crippen molar-refractivity contribution in [1.82, 2.24) is 10.5 Å². The van der Waals surface area contributed by atoms with E-state index in [9.17, 15) is 14.7 Å². The van der Waals surface area contributed by atoms with Crippen LogP contribution in [0.2, 0.25) is 5.02 Å². The number of hydrogen-bond donors (Lipinski definition) is 3. The van der Waals surface area contributed by atoms with Gasteiger partial charge in [0.1, 0.15) is 0 Å². The molecule has 8 heteroatoms. The van der Waals surface area contributed by atoms with E-state index in [0.29, 0.717) is 23.0 Å². The number of nitrogens with zero attached hydrogens (tertiary/aromatic N) is 1. The smallest absolute Gasteiger partial charge is 0.343 e. The minimum Gasteiger partial charge on any atom is -0.477 e. The molecular weight excluding hydrogens is 370 g/mol. The van der Waals surface area contributed by atoms with E-state index in [1.54, 1.807) is 31.3 Å². The van der Waals surface area contributed by atoms with Crippen LogP contribution in [0.5, 0.6) is 0 Å². The Morgan fingerprint density at radius 3 is 2.48 bits per heavy atom. The monoisotopic (exact) mass is 391 g/mol. The molecule has 1 amide bonds. The Hall–Kier alpha value is -2.54. The Bertz CT molecular complexity index is 811. The van der Waals surface area contributed by atoms with Crippen molar-refractivity contribution in [3.8, 4) is 11.3 Å². The highest BCUT2D eigenvalue weighted by Gasteiger charge is 2.27. The van der Waals surface area contributed by atoms with E-state index in [1.165, 1.54) is 0 Å². The van der Waals surface area contributed by atoms with Gasteiger partial charge >= 0.3 is 5.97 Å². The number of aromatic carboxylic acids is 1. The number of carboxylic acids is 1. The minimum absolute atomic E-state index is 0.0105.